The Bertz CT molecular complexity index is 537. The highest BCUT2D eigenvalue weighted by molar-refractivity contribution is 7.16. The molecule has 18 heavy (non-hydrogen) atoms. The van der Waals surface area contributed by atoms with E-state index in [4.69, 9.17) is 10.5 Å². The lowest BCUT2D eigenvalue weighted by Crippen LogP contribution is -2.26. The molecule has 0 saturated heterocycles. The monoisotopic (exact) mass is 262 g/mol. The van der Waals surface area contributed by atoms with Gasteiger partial charge in [0.2, 0.25) is 0 Å². The number of amides is 1. The maximum Gasteiger partial charge on any atom is 0.412 e. The average Bonchev–Trinajstić information content (AvgIpc) is 2.67. The summed E-state index contributed by atoms with van der Waals surface area (Å²) in [6.07, 6.45) is -0.497. The summed E-state index contributed by atoms with van der Waals surface area (Å²) in [4.78, 5) is 12.6. The zero-order valence-corrected chi connectivity index (χ0v) is 10.8. The van der Waals surface area contributed by atoms with Crippen LogP contribution in [0.1, 0.15) is 10.4 Å². The van der Waals surface area contributed by atoms with E-state index in [0.29, 0.717) is 17.3 Å². The SMILES string of the molecule is Cc1cc(OC(=O)NCc2ccccc2)c(N)s1. The molecular weight excluding hydrogens is 248 g/mol. The molecule has 0 atom stereocenters. The number of hydrogen-bond acceptors (Lipinski definition) is 4. The lowest BCUT2D eigenvalue weighted by molar-refractivity contribution is 0.200. The summed E-state index contributed by atoms with van der Waals surface area (Å²) < 4.78 is 5.12. The number of aryl methyl sites for hydroxylation is 1. The third-order valence-electron chi connectivity index (χ3n) is 2.33. The first-order valence-electron chi connectivity index (χ1n) is 5.50. The highest BCUT2D eigenvalue weighted by Crippen LogP contribution is 2.31. The molecular formula is C13H14N2O2S. The van der Waals surface area contributed by atoms with Gasteiger partial charge in [-0.05, 0) is 18.6 Å². The molecule has 1 aromatic heterocycles. The predicted molar refractivity (Wildman–Crippen MR) is 72.8 cm³/mol. The number of rotatable bonds is 3. The molecule has 0 unspecified atom stereocenters. The van der Waals surface area contributed by atoms with Gasteiger partial charge in [-0.25, -0.2) is 4.79 Å². The summed E-state index contributed by atoms with van der Waals surface area (Å²) >= 11 is 1.40. The van der Waals surface area contributed by atoms with Gasteiger partial charge in [-0.1, -0.05) is 30.3 Å². The minimum atomic E-state index is -0.497. The van der Waals surface area contributed by atoms with Crippen LogP contribution in [0, 0.1) is 6.92 Å². The van der Waals surface area contributed by atoms with E-state index in [1.807, 2.05) is 37.3 Å². The second-order valence-electron chi connectivity index (χ2n) is 3.81. The Morgan fingerprint density at radius 1 is 1.39 bits per heavy atom. The molecule has 1 amide bonds. The van der Waals surface area contributed by atoms with Crippen LogP contribution in [-0.4, -0.2) is 6.09 Å². The van der Waals surface area contributed by atoms with Crippen molar-refractivity contribution >= 4 is 22.4 Å². The van der Waals surface area contributed by atoms with Gasteiger partial charge in [0.25, 0.3) is 0 Å². The standard InChI is InChI=1S/C13H14N2O2S/c1-9-7-11(12(14)18-9)17-13(16)15-8-10-5-3-2-4-6-10/h2-7H,8,14H2,1H3,(H,15,16). The Kier molecular flexibility index (Phi) is 3.84. The molecule has 0 aliphatic rings. The van der Waals surface area contributed by atoms with E-state index in [-0.39, 0.29) is 0 Å². The largest absolute Gasteiger partial charge is 0.412 e. The van der Waals surface area contributed by atoms with Gasteiger partial charge in [0.1, 0.15) is 5.00 Å². The summed E-state index contributed by atoms with van der Waals surface area (Å²) in [5, 5.41) is 3.19. The molecule has 0 aliphatic heterocycles. The Labute approximate surface area is 109 Å². The van der Waals surface area contributed by atoms with Crippen molar-refractivity contribution in [3.05, 3.63) is 46.8 Å². The molecule has 1 heterocycles. The van der Waals surface area contributed by atoms with Crippen molar-refractivity contribution < 1.29 is 9.53 Å². The molecule has 94 valence electrons. The van der Waals surface area contributed by atoms with E-state index in [1.54, 1.807) is 6.07 Å². The first kappa shape index (κ1) is 12.4. The second kappa shape index (κ2) is 5.55. The van der Waals surface area contributed by atoms with E-state index in [9.17, 15) is 4.79 Å². The van der Waals surface area contributed by atoms with Crippen molar-refractivity contribution in [3.8, 4) is 5.75 Å². The topological polar surface area (TPSA) is 64.3 Å². The quantitative estimate of drug-likeness (QED) is 0.893. The number of nitrogens with one attached hydrogen (secondary N) is 1. The number of ether oxygens (including phenoxy) is 1. The van der Waals surface area contributed by atoms with Crippen LogP contribution in [0.25, 0.3) is 0 Å². The molecule has 0 radical (unpaired) electrons. The number of carbonyl (C=O) groups is 1. The van der Waals surface area contributed by atoms with Crippen molar-refractivity contribution in [2.75, 3.05) is 5.73 Å². The van der Waals surface area contributed by atoms with Gasteiger partial charge in [-0.2, -0.15) is 0 Å². The fraction of sp³-hybridized carbons (Fsp3) is 0.154. The zero-order valence-electron chi connectivity index (χ0n) is 9.97. The summed E-state index contributed by atoms with van der Waals surface area (Å²) in [7, 11) is 0. The maximum atomic E-state index is 11.6. The van der Waals surface area contributed by atoms with Gasteiger partial charge in [0.15, 0.2) is 5.75 Å². The molecule has 3 N–H and O–H groups in total. The van der Waals surface area contributed by atoms with Crippen LogP contribution in [0.3, 0.4) is 0 Å². The lowest BCUT2D eigenvalue weighted by atomic mass is 10.2. The number of carbonyl (C=O) groups excluding carboxylic acids is 1. The van der Waals surface area contributed by atoms with Crippen molar-refractivity contribution in [3.63, 3.8) is 0 Å². The number of thiophene rings is 1. The van der Waals surface area contributed by atoms with Crippen LogP contribution >= 0.6 is 11.3 Å². The molecule has 1 aromatic carbocycles. The van der Waals surface area contributed by atoms with Crippen molar-refractivity contribution in [1.29, 1.82) is 0 Å². The maximum absolute atomic E-state index is 11.6. The van der Waals surface area contributed by atoms with Gasteiger partial charge in [-0.3, -0.25) is 0 Å². The summed E-state index contributed by atoms with van der Waals surface area (Å²) in [5.41, 5.74) is 6.73. The molecule has 0 spiro atoms. The van der Waals surface area contributed by atoms with E-state index in [2.05, 4.69) is 5.32 Å². The first-order chi connectivity index (χ1) is 8.65. The molecule has 5 heteroatoms. The third-order valence-corrected chi connectivity index (χ3v) is 3.19. The summed E-state index contributed by atoms with van der Waals surface area (Å²) in [5.74, 6) is 0.420. The fourth-order valence-corrected chi connectivity index (χ4v) is 2.21. The molecule has 2 aromatic rings. The van der Waals surface area contributed by atoms with Gasteiger partial charge in [-0.15, -0.1) is 11.3 Å². The van der Waals surface area contributed by atoms with E-state index in [0.717, 1.165) is 10.4 Å². The number of nitrogen functional groups attached to an aromatic ring is 1. The van der Waals surface area contributed by atoms with Crippen molar-refractivity contribution in [2.45, 2.75) is 13.5 Å². The highest BCUT2D eigenvalue weighted by atomic mass is 32.1. The fourth-order valence-electron chi connectivity index (χ4n) is 1.49. The first-order valence-corrected chi connectivity index (χ1v) is 6.32. The van der Waals surface area contributed by atoms with E-state index < -0.39 is 6.09 Å². The number of benzene rings is 1. The molecule has 0 aliphatic carbocycles. The van der Waals surface area contributed by atoms with Crippen LogP contribution in [0.15, 0.2) is 36.4 Å². The van der Waals surface area contributed by atoms with E-state index >= 15 is 0 Å². The minimum absolute atomic E-state index is 0.420. The van der Waals surface area contributed by atoms with Crippen LogP contribution in [0.5, 0.6) is 5.75 Å². The molecule has 0 bridgehead atoms. The zero-order chi connectivity index (χ0) is 13.0. The molecule has 0 saturated carbocycles. The van der Waals surface area contributed by atoms with Crippen LogP contribution < -0.4 is 15.8 Å². The Morgan fingerprint density at radius 2 is 2.11 bits per heavy atom. The number of hydrogen-bond donors (Lipinski definition) is 2. The van der Waals surface area contributed by atoms with Crippen LogP contribution in [0.4, 0.5) is 9.80 Å². The number of anilines is 1. The predicted octanol–water partition coefficient (Wildman–Crippen LogP) is 2.93. The Balaban J connectivity index is 1.88. The van der Waals surface area contributed by atoms with Crippen molar-refractivity contribution in [2.24, 2.45) is 0 Å². The minimum Gasteiger partial charge on any atom is -0.407 e. The van der Waals surface area contributed by atoms with Gasteiger partial charge < -0.3 is 15.8 Å². The molecule has 4 nitrogen and oxygen atoms in total. The number of nitrogens with two attached hydrogens (primary N) is 1. The Morgan fingerprint density at radius 3 is 2.72 bits per heavy atom. The smallest absolute Gasteiger partial charge is 0.407 e. The van der Waals surface area contributed by atoms with Gasteiger partial charge in [0, 0.05) is 11.4 Å². The summed E-state index contributed by atoms with van der Waals surface area (Å²) in [6, 6.07) is 11.4. The third kappa shape index (κ3) is 3.24. The highest BCUT2D eigenvalue weighted by Gasteiger charge is 2.09. The molecule has 0 fully saturated rings. The Hall–Kier alpha value is -2.01. The van der Waals surface area contributed by atoms with E-state index in [1.165, 1.54) is 11.3 Å². The van der Waals surface area contributed by atoms with Crippen molar-refractivity contribution in [1.82, 2.24) is 5.32 Å². The lowest BCUT2D eigenvalue weighted by Gasteiger charge is -2.05. The average molecular weight is 262 g/mol. The van der Waals surface area contributed by atoms with Gasteiger partial charge >= 0.3 is 6.09 Å². The second-order valence-corrected chi connectivity index (χ2v) is 5.10. The molecule has 2 rings (SSSR count). The normalized spacial score (nSPS) is 10.1. The summed E-state index contributed by atoms with van der Waals surface area (Å²) in [6.45, 7) is 2.35. The van der Waals surface area contributed by atoms with Crippen LogP contribution in [-0.2, 0) is 6.54 Å². The van der Waals surface area contributed by atoms with Crippen LogP contribution in [0.2, 0.25) is 0 Å². The van der Waals surface area contributed by atoms with Gasteiger partial charge in [0.05, 0.1) is 0 Å².